The van der Waals surface area contributed by atoms with Gasteiger partial charge in [-0.1, -0.05) is 0 Å². The fourth-order valence-electron chi connectivity index (χ4n) is 3.13. The first kappa shape index (κ1) is 20.6. The molecule has 3 N–H and O–H groups in total. The predicted molar refractivity (Wildman–Crippen MR) is 98.8 cm³/mol. The van der Waals surface area contributed by atoms with Crippen LogP contribution in [0.1, 0.15) is 29.6 Å². The molecule has 2 aliphatic rings. The van der Waals surface area contributed by atoms with Crippen molar-refractivity contribution in [3.05, 3.63) is 17.0 Å². The largest absolute Gasteiger partial charge is 0.465 e. The molecule has 2 amide bonds. The normalized spacial score (nSPS) is 25.1. The summed E-state index contributed by atoms with van der Waals surface area (Å²) in [6.07, 6.45) is 1.19. The fraction of sp³-hybridized carbons (Fsp3) is 0.562. The maximum absolute atomic E-state index is 12.6. The maximum Gasteiger partial charge on any atom is 0.340 e. The number of methoxy groups -OCH3 is 1. The molecular weight excluding hydrogens is 382 g/mol. The van der Waals surface area contributed by atoms with Crippen LogP contribution >= 0.6 is 23.7 Å². The third kappa shape index (κ3) is 4.01. The lowest BCUT2D eigenvalue weighted by Crippen LogP contribution is -2.45. The number of hydrogen-bond acceptors (Lipinski definition) is 7. The molecule has 2 saturated heterocycles. The Labute approximate surface area is 161 Å². The molecule has 3 atom stereocenters. The quantitative estimate of drug-likeness (QED) is 0.699. The van der Waals surface area contributed by atoms with Crippen LogP contribution in [0.15, 0.2) is 11.4 Å². The van der Waals surface area contributed by atoms with Gasteiger partial charge in [0.05, 0.1) is 18.8 Å². The molecule has 3 heterocycles. The number of rotatable bonds is 5. The number of thiophene rings is 1. The third-order valence-electron chi connectivity index (χ3n) is 4.48. The molecule has 26 heavy (non-hydrogen) atoms. The second kappa shape index (κ2) is 8.81. The summed E-state index contributed by atoms with van der Waals surface area (Å²) >= 11 is 1.30. The van der Waals surface area contributed by atoms with Crippen LogP contribution in [0.5, 0.6) is 0 Å². The Kier molecular flexibility index (Phi) is 6.99. The molecule has 1 aromatic heterocycles. The number of amides is 2. The molecule has 8 nitrogen and oxygen atoms in total. The van der Waals surface area contributed by atoms with Gasteiger partial charge in [0.15, 0.2) is 0 Å². The minimum absolute atomic E-state index is 0. The monoisotopic (exact) mass is 403 g/mol. The van der Waals surface area contributed by atoms with Gasteiger partial charge in [0, 0.05) is 13.1 Å². The van der Waals surface area contributed by atoms with Crippen LogP contribution in [0.2, 0.25) is 0 Å². The minimum Gasteiger partial charge on any atom is -0.465 e. The summed E-state index contributed by atoms with van der Waals surface area (Å²) in [6.45, 7) is 0.819. The summed E-state index contributed by atoms with van der Waals surface area (Å²) < 4.78 is 10.3. The van der Waals surface area contributed by atoms with E-state index in [1.165, 1.54) is 23.3 Å². The minimum atomic E-state index is -0.611. The first-order valence-electron chi connectivity index (χ1n) is 8.18. The first-order valence-corrected chi connectivity index (χ1v) is 9.06. The number of nitrogens with one attached hydrogen (secondary N) is 1. The summed E-state index contributed by atoms with van der Waals surface area (Å²) in [6, 6.07) is 1.02. The number of hydrogen-bond donors (Lipinski definition) is 2. The Balaban J connectivity index is 0.00000243. The van der Waals surface area contributed by atoms with Crippen molar-refractivity contribution in [3.8, 4) is 0 Å². The van der Waals surface area contributed by atoms with Crippen molar-refractivity contribution in [1.29, 1.82) is 0 Å². The number of esters is 1. The van der Waals surface area contributed by atoms with Crippen molar-refractivity contribution in [1.82, 2.24) is 5.32 Å². The number of carbonyl (C=O) groups excluding carboxylic acids is 3. The van der Waals surface area contributed by atoms with Crippen molar-refractivity contribution in [2.24, 2.45) is 5.73 Å². The Morgan fingerprint density at radius 3 is 2.85 bits per heavy atom. The average Bonchev–Trinajstić information content (AvgIpc) is 3.34. The van der Waals surface area contributed by atoms with E-state index in [1.807, 2.05) is 0 Å². The summed E-state index contributed by atoms with van der Waals surface area (Å²) in [5.74, 6) is -0.992. The number of halogens is 1. The van der Waals surface area contributed by atoms with E-state index in [1.54, 1.807) is 11.4 Å². The fourth-order valence-corrected chi connectivity index (χ4v) is 4.05. The maximum atomic E-state index is 12.6. The SMILES string of the molecule is COC(=O)c1ccsc1N1CCC(NC(=O)[C@@H]2CC[C@H](CN)O2)C1=O.Cl. The lowest BCUT2D eigenvalue weighted by molar-refractivity contribution is -0.134. The summed E-state index contributed by atoms with van der Waals surface area (Å²) in [7, 11) is 1.30. The number of nitrogens with two attached hydrogens (primary N) is 1. The molecule has 2 aliphatic heterocycles. The van der Waals surface area contributed by atoms with E-state index in [0.29, 0.717) is 36.5 Å². The van der Waals surface area contributed by atoms with Crippen LogP contribution in [0.3, 0.4) is 0 Å². The molecule has 0 aliphatic carbocycles. The molecule has 1 aromatic rings. The van der Waals surface area contributed by atoms with Gasteiger partial charge in [-0.15, -0.1) is 23.7 Å². The van der Waals surface area contributed by atoms with Gasteiger partial charge in [0.2, 0.25) is 11.8 Å². The second-order valence-electron chi connectivity index (χ2n) is 6.03. The van der Waals surface area contributed by atoms with Crippen LogP contribution in [0, 0.1) is 0 Å². The van der Waals surface area contributed by atoms with Gasteiger partial charge < -0.3 is 25.4 Å². The van der Waals surface area contributed by atoms with E-state index in [2.05, 4.69) is 5.32 Å². The van der Waals surface area contributed by atoms with Gasteiger partial charge in [-0.2, -0.15) is 0 Å². The van der Waals surface area contributed by atoms with Gasteiger partial charge in [-0.25, -0.2) is 4.79 Å². The Morgan fingerprint density at radius 2 is 2.19 bits per heavy atom. The molecule has 0 saturated carbocycles. The molecule has 10 heteroatoms. The number of carbonyl (C=O) groups is 3. The highest BCUT2D eigenvalue weighted by molar-refractivity contribution is 7.14. The number of nitrogens with zero attached hydrogens (tertiary/aromatic N) is 1. The van der Waals surface area contributed by atoms with E-state index in [9.17, 15) is 14.4 Å². The van der Waals surface area contributed by atoms with E-state index in [-0.39, 0.29) is 30.3 Å². The van der Waals surface area contributed by atoms with Gasteiger partial charge in [0.25, 0.3) is 0 Å². The Bertz CT molecular complexity index is 683. The molecule has 144 valence electrons. The van der Waals surface area contributed by atoms with Crippen LogP contribution in [0.25, 0.3) is 0 Å². The summed E-state index contributed by atoms with van der Waals surface area (Å²) in [5.41, 5.74) is 5.91. The standard InChI is InChI=1S/C16H21N3O5S.ClH/c1-23-16(22)10-5-7-25-15(10)19-6-4-11(14(19)21)18-13(20)12-3-2-9(8-17)24-12;/h5,7,9,11-12H,2-4,6,8,17H2,1H3,(H,18,20);1H/t9-,11?,12+;/m1./s1. The lowest BCUT2D eigenvalue weighted by Gasteiger charge is -2.18. The van der Waals surface area contributed by atoms with Gasteiger partial charge in [0.1, 0.15) is 17.1 Å². The van der Waals surface area contributed by atoms with Gasteiger partial charge in [-0.05, 0) is 30.7 Å². The third-order valence-corrected chi connectivity index (χ3v) is 5.42. The summed E-state index contributed by atoms with van der Waals surface area (Å²) in [4.78, 5) is 38.3. The molecule has 3 rings (SSSR count). The highest BCUT2D eigenvalue weighted by Crippen LogP contribution is 2.32. The van der Waals surface area contributed by atoms with Gasteiger partial charge >= 0.3 is 5.97 Å². The topological polar surface area (TPSA) is 111 Å². The molecule has 0 spiro atoms. The average molecular weight is 404 g/mol. The molecular formula is C16H22ClN3O5S. The zero-order chi connectivity index (χ0) is 18.0. The summed E-state index contributed by atoms with van der Waals surface area (Å²) in [5, 5.41) is 5.05. The van der Waals surface area contributed by atoms with Crippen LogP contribution in [-0.4, -0.2) is 56.2 Å². The molecule has 2 fully saturated rings. The Hall–Kier alpha value is -1.68. The van der Waals surface area contributed by atoms with Crippen molar-refractivity contribution in [3.63, 3.8) is 0 Å². The van der Waals surface area contributed by atoms with Crippen LogP contribution in [-0.2, 0) is 19.1 Å². The Morgan fingerprint density at radius 1 is 1.42 bits per heavy atom. The van der Waals surface area contributed by atoms with Crippen molar-refractivity contribution in [2.45, 2.75) is 37.5 Å². The smallest absolute Gasteiger partial charge is 0.340 e. The van der Waals surface area contributed by atoms with E-state index in [0.717, 1.165) is 6.42 Å². The second-order valence-corrected chi connectivity index (χ2v) is 6.93. The van der Waals surface area contributed by atoms with E-state index in [4.69, 9.17) is 15.2 Å². The molecule has 0 bridgehead atoms. The molecule has 1 unspecified atom stereocenters. The number of anilines is 1. The van der Waals surface area contributed by atoms with E-state index >= 15 is 0 Å². The molecule has 0 aromatic carbocycles. The zero-order valence-electron chi connectivity index (χ0n) is 14.3. The number of ether oxygens (including phenoxy) is 2. The highest BCUT2D eigenvalue weighted by atomic mass is 35.5. The lowest BCUT2D eigenvalue weighted by atomic mass is 10.1. The first-order chi connectivity index (χ1) is 12.0. The van der Waals surface area contributed by atoms with Crippen molar-refractivity contribution < 1.29 is 23.9 Å². The van der Waals surface area contributed by atoms with Crippen LogP contribution < -0.4 is 16.0 Å². The molecule has 0 radical (unpaired) electrons. The van der Waals surface area contributed by atoms with Crippen molar-refractivity contribution >= 4 is 46.5 Å². The van der Waals surface area contributed by atoms with Crippen LogP contribution in [0.4, 0.5) is 5.00 Å². The van der Waals surface area contributed by atoms with E-state index < -0.39 is 18.1 Å². The highest BCUT2D eigenvalue weighted by Gasteiger charge is 2.38. The van der Waals surface area contributed by atoms with Gasteiger partial charge in [-0.3, -0.25) is 9.59 Å². The predicted octanol–water partition coefficient (Wildman–Crippen LogP) is 0.684. The zero-order valence-corrected chi connectivity index (χ0v) is 15.9. The van der Waals surface area contributed by atoms with Crippen molar-refractivity contribution in [2.75, 3.05) is 25.1 Å².